The second-order valence-electron chi connectivity index (χ2n) is 9.58. The first-order chi connectivity index (χ1) is 15.5. The van der Waals surface area contributed by atoms with E-state index in [2.05, 4.69) is 45.6 Å². The van der Waals surface area contributed by atoms with Crippen LogP contribution < -0.4 is 4.90 Å². The highest BCUT2D eigenvalue weighted by Gasteiger charge is 2.34. The zero-order valence-electron chi connectivity index (χ0n) is 21.2. The summed E-state index contributed by atoms with van der Waals surface area (Å²) in [5, 5.41) is 9.57. The standard InChI is InChI=1S/C25H34N8/c1-10-32(11-2)20-13-12-18(16(4)26-20)27-21-17(5)29-33-22(19-14-15(3)31(9)30-19)23(25(6,7)8)28-24(21)33/h12-14H,10-11H2,1-9H3/b27-21-. The zero-order valence-corrected chi connectivity index (χ0v) is 21.2. The minimum absolute atomic E-state index is 0.171. The average Bonchev–Trinajstić information content (AvgIpc) is 3.37. The lowest BCUT2D eigenvalue weighted by Gasteiger charge is -2.20. The molecule has 1 aliphatic heterocycles. The van der Waals surface area contributed by atoms with E-state index in [0.29, 0.717) is 0 Å². The van der Waals surface area contributed by atoms with E-state index in [1.807, 2.05) is 49.3 Å². The summed E-state index contributed by atoms with van der Waals surface area (Å²) in [6.45, 7) is 18.6. The molecule has 0 fully saturated rings. The molecule has 0 spiro atoms. The van der Waals surface area contributed by atoms with E-state index in [0.717, 1.165) is 70.3 Å². The maximum atomic E-state index is 5.05. The van der Waals surface area contributed by atoms with Crippen molar-refractivity contribution < 1.29 is 0 Å². The second kappa shape index (κ2) is 8.24. The summed E-state index contributed by atoms with van der Waals surface area (Å²) in [6.07, 6.45) is 0. The van der Waals surface area contributed by atoms with Gasteiger partial charge in [0.05, 0.1) is 22.8 Å². The number of anilines is 1. The molecule has 8 heteroatoms. The van der Waals surface area contributed by atoms with Gasteiger partial charge in [-0.1, -0.05) is 20.8 Å². The Kier molecular flexibility index (Phi) is 5.72. The molecule has 0 amide bonds. The summed E-state index contributed by atoms with van der Waals surface area (Å²) in [6, 6.07) is 6.16. The minimum Gasteiger partial charge on any atom is -0.357 e. The maximum Gasteiger partial charge on any atom is 0.182 e. The van der Waals surface area contributed by atoms with Crippen LogP contribution >= 0.6 is 0 Å². The molecule has 3 aromatic heterocycles. The summed E-state index contributed by atoms with van der Waals surface area (Å²) in [5.41, 5.74) is 7.01. The third-order valence-corrected chi connectivity index (χ3v) is 6.09. The van der Waals surface area contributed by atoms with Crippen molar-refractivity contribution >= 4 is 22.9 Å². The van der Waals surface area contributed by atoms with Crippen LogP contribution in [0.25, 0.3) is 11.4 Å². The SMILES string of the molecule is CCN(CC)c1ccc(/N=C2/C(C)=Nn3c2nc(C(C)(C)C)c3-c2cc(C)n(C)n2)c(C)n1. The van der Waals surface area contributed by atoms with Crippen molar-refractivity contribution in [2.45, 2.75) is 60.8 Å². The summed E-state index contributed by atoms with van der Waals surface area (Å²) in [4.78, 5) is 17.1. The van der Waals surface area contributed by atoms with Gasteiger partial charge in [0.25, 0.3) is 0 Å². The predicted molar refractivity (Wildman–Crippen MR) is 135 cm³/mol. The Hall–Kier alpha value is -3.29. The van der Waals surface area contributed by atoms with Crippen LogP contribution in [0.3, 0.4) is 0 Å². The van der Waals surface area contributed by atoms with Gasteiger partial charge in [-0.05, 0) is 52.8 Å². The third kappa shape index (κ3) is 3.98. The Morgan fingerprint density at radius 1 is 1.03 bits per heavy atom. The van der Waals surface area contributed by atoms with E-state index in [1.54, 1.807) is 0 Å². The van der Waals surface area contributed by atoms with Crippen LogP contribution in [-0.4, -0.2) is 48.9 Å². The predicted octanol–water partition coefficient (Wildman–Crippen LogP) is 4.80. The van der Waals surface area contributed by atoms with Crippen LogP contribution in [0.1, 0.15) is 64.4 Å². The number of aromatic nitrogens is 5. The topological polar surface area (TPSA) is 76.5 Å². The molecule has 0 atom stereocenters. The largest absolute Gasteiger partial charge is 0.357 e. The Morgan fingerprint density at radius 3 is 2.27 bits per heavy atom. The fraction of sp³-hybridized carbons (Fsp3) is 0.480. The van der Waals surface area contributed by atoms with Gasteiger partial charge in [-0.15, -0.1) is 0 Å². The third-order valence-electron chi connectivity index (χ3n) is 6.09. The molecule has 0 N–H and O–H groups in total. The van der Waals surface area contributed by atoms with E-state index in [1.165, 1.54) is 0 Å². The molecule has 0 aliphatic carbocycles. The highest BCUT2D eigenvalue weighted by molar-refractivity contribution is 6.48. The van der Waals surface area contributed by atoms with Gasteiger partial charge in [-0.3, -0.25) is 4.68 Å². The van der Waals surface area contributed by atoms with E-state index >= 15 is 0 Å². The number of hydrogen-bond acceptors (Lipinski definition) is 6. The fourth-order valence-corrected chi connectivity index (χ4v) is 4.08. The van der Waals surface area contributed by atoms with Gasteiger partial charge in [-0.2, -0.15) is 10.2 Å². The summed E-state index contributed by atoms with van der Waals surface area (Å²) in [5.74, 6) is 1.73. The number of fused-ring (bicyclic) bond motifs is 1. The number of pyridine rings is 1. The molecule has 0 unspecified atom stereocenters. The van der Waals surface area contributed by atoms with Gasteiger partial charge in [0.2, 0.25) is 0 Å². The zero-order chi connectivity index (χ0) is 24.1. The summed E-state index contributed by atoms with van der Waals surface area (Å²) >= 11 is 0. The molecular formula is C25H34N8. The fourth-order valence-electron chi connectivity index (χ4n) is 4.08. The average molecular weight is 447 g/mol. The van der Waals surface area contributed by atoms with Crippen molar-refractivity contribution in [3.8, 4) is 11.4 Å². The van der Waals surface area contributed by atoms with E-state index in [-0.39, 0.29) is 5.41 Å². The Bertz CT molecular complexity index is 1240. The van der Waals surface area contributed by atoms with Gasteiger partial charge in [0, 0.05) is 31.2 Å². The summed E-state index contributed by atoms with van der Waals surface area (Å²) < 4.78 is 3.79. The van der Waals surface area contributed by atoms with E-state index in [9.17, 15) is 0 Å². The van der Waals surface area contributed by atoms with Gasteiger partial charge < -0.3 is 4.90 Å². The van der Waals surface area contributed by atoms with Crippen LogP contribution in [0.15, 0.2) is 28.3 Å². The molecule has 174 valence electrons. The number of nitrogens with zero attached hydrogens (tertiary/aromatic N) is 8. The highest BCUT2D eigenvalue weighted by Crippen LogP contribution is 2.36. The lowest BCUT2D eigenvalue weighted by atomic mass is 9.90. The summed E-state index contributed by atoms with van der Waals surface area (Å²) in [7, 11) is 1.95. The monoisotopic (exact) mass is 446 g/mol. The van der Waals surface area contributed by atoms with Gasteiger partial charge >= 0.3 is 0 Å². The number of rotatable bonds is 5. The van der Waals surface area contributed by atoms with E-state index in [4.69, 9.17) is 25.2 Å². The van der Waals surface area contributed by atoms with Gasteiger partial charge in [0.1, 0.15) is 22.9 Å². The molecule has 1 aliphatic rings. The number of aliphatic imine (C=N–C) groups is 1. The number of hydrogen-bond donors (Lipinski definition) is 0. The molecule has 33 heavy (non-hydrogen) atoms. The van der Waals surface area contributed by atoms with E-state index < -0.39 is 0 Å². The second-order valence-corrected chi connectivity index (χ2v) is 9.58. The Balaban J connectivity index is 1.85. The van der Waals surface area contributed by atoms with Crippen molar-refractivity contribution in [2.24, 2.45) is 17.1 Å². The highest BCUT2D eigenvalue weighted by atomic mass is 15.4. The molecule has 4 rings (SSSR count). The van der Waals surface area contributed by atoms with Crippen LogP contribution in [0.5, 0.6) is 0 Å². The van der Waals surface area contributed by atoms with Crippen LogP contribution in [-0.2, 0) is 12.5 Å². The van der Waals surface area contributed by atoms with Crippen molar-refractivity contribution in [2.75, 3.05) is 18.0 Å². The molecule has 4 heterocycles. The molecule has 0 radical (unpaired) electrons. The maximum absolute atomic E-state index is 5.05. The molecule has 0 aromatic carbocycles. The van der Waals surface area contributed by atoms with Gasteiger partial charge in [0.15, 0.2) is 5.82 Å². The Labute approximate surface area is 196 Å². The first kappa shape index (κ1) is 22.9. The van der Waals surface area contributed by atoms with Gasteiger partial charge in [-0.25, -0.2) is 19.6 Å². The number of aryl methyl sites for hydroxylation is 3. The number of imidazole rings is 1. The van der Waals surface area contributed by atoms with Crippen molar-refractivity contribution in [1.82, 2.24) is 24.4 Å². The normalized spacial score (nSPS) is 14.7. The van der Waals surface area contributed by atoms with Crippen molar-refractivity contribution in [3.63, 3.8) is 0 Å². The smallest absolute Gasteiger partial charge is 0.182 e. The van der Waals surface area contributed by atoms with Crippen LogP contribution in [0.2, 0.25) is 0 Å². The molecule has 0 bridgehead atoms. The molecule has 0 saturated carbocycles. The first-order valence-electron chi connectivity index (χ1n) is 11.6. The first-order valence-corrected chi connectivity index (χ1v) is 11.6. The molecule has 0 saturated heterocycles. The van der Waals surface area contributed by atoms with Crippen LogP contribution in [0.4, 0.5) is 11.5 Å². The van der Waals surface area contributed by atoms with Crippen LogP contribution in [0, 0.1) is 13.8 Å². The Morgan fingerprint density at radius 2 is 1.73 bits per heavy atom. The molecule has 8 nitrogen and oxygen atoms in total. The quantitative estimate of drug-likeness (QED) is 0.564. The minimum atomic E-state index is -0.171. The molecular weight excluding hydrogens is 412 g/mol. The lowest BCUT2D eigenvalue weighted by Crippen LogP contribution is -2.23. The van der Waals surface area contributed by atoms with Crippen molar-refractivity contribution in [3.05, 3.63) is 41.1 Å². The lowest BCUT2D eigenvalue weighted by molar-refractivity contribution is 0.572. The van der Waals surface area contributed by atoms with Crippen molar-refractivity contribution in [1.29, 1.82) is 0 Å². The molecule has 3 aromatic rings.